The van der Waals surface area contributed by atoms with Crippen molar-refractivity contribution in [3.05, 3.63) is 29.3 Å². The van der Waals surface area contributed by atoms with E-state index < -0.39 is 0 Å². The summed E-state index contributed by atoms with van der Waals surface area (Å²) in [5.41, 5.74) is 9.11. The Morgan fingerprint density at radius 1 is 1.54 bits per heavy atom. The molecule has 0 saturated carbocycles. The first-order valence-electron chi connectivity index (χ1n) is 4.59. The number of aryl methyl sites for hydroxylation is 1. The lowest BCUT2D eigenvalue weighted by Crippen LogP contribution is -2.00. The molecule has 0 fully saturated rings. The first-order chi connectivity index (χ1) is 6.15. The topological polar surface area (TPSA) is 49.9 Å². The van der Waals surface area contributed by atoms with Gasteiger partial charge >= 0.3 is 0 Å². The van der Waals surface area contributed by atoms with E-state index in [2.05, 4.69) is 6.92 Å². The third-order valence-corrected chi connectivity index (χ3v) is 2.06. The van der Waals surface area contributed by atoms with Gasteiger partial charge in [-0.3, -0.25) is 0 Å². The van der Waals surface area contributed by atoms with Gasteiger partial charge in [0.1, 0.15) is 0 Å². The van der Waals surface area contributed by atoms with Gasteiger partial charge in [0.15, 0.2) is 0 Å². The second-order valence-corrected chi connectivity index (χ2v) is 3.30. The fourth-order valence-electron chi connectivity index (χ4n) is 1.37. The summed E-state index contributed by atoms with van der Waals surface area (Å²) in [5.74, 6) is 0. The molecule has 0 heterocycles. The highest BCUT2D eigenvalue weighted by molar-refractivity contribution is 6.01. The van der Waals surface area contributed by atoms with Crippen molar-refractivity contribution in [2.75, 3.05) is 5.73 Å². The van der Waals surface area contributed by atoms with E-state index in [1.54, 1.807) is 6.92 Å². The molecule has 0 atom stereocenters. The molecule has 0 radical (unpaired) electrons. The Balaban J connectivity index is 0.00000169. The van der Waals surface area contributed by atoms with Crippen LogP contribution in [0.5, 0.6) is 0 Å². The SMILES string of the molecule is CCCc1ccc(N)c(C(C)=N)c1.[HH]. The molecule has 0 aliphatic carbocycles. The lowest BCUT2D eigenvalue weighted by Gasteiger charge is -2.06. The van der Waals surface area contributed by atoms with Crippen molar-refractivity contribution >= 4 is 11.4 Å². The molecule has 0 aromatic heterocycles. The summed E-state index contributed by atoms with van der Waals surface area (Å²) in [6.07, 6.45) is 2.18. The molecule has 0 aliphatic rings. The summed E-state index contributed by atoms with van der Waals surface area (Å²) in [4.78, 5) is 0. The second kappa shape index (κ2) is 4.08. The first-order valence-corrected chi connectivity index (χ1v) is 4.59. The minimum absolute atomic E-state index is 0. The molecule has 1 aromatic carbocycles. The van der Waals surface area contributed by atoms with Crippen LogP contribution in [0.25, 0.3) is 0 Å². The summed E-state index contributed by atoms with van der Waals surface area (Å²) in [6, 6.07) is 5.94. The highest BCUT2D eigenvalue weighted by Gasteiger charge is 2.02. The summed E-state index contributed by atoms with van der Waals surface area (Å²) < 4.78 is 0. The predicted molar refractivity (Wildman–Crippen MR) is 59.5 cm³/mol. The van der Waals surface area contributed by atoms with Crippen LogP contribution >= 0.6 is 0 Å². The normalized spacial score (nSPS) is 10.0. The van der Waals surface area contributed by atoms with E-state index in [4.69, 9.17) is 11.1 Å². The number of hydrogen-bond donors (Lipinski definition) is 2. The van der Waals surface area contributed by atoms with Crippen molar-refractivity contribution in [2.45, 2.75) is 26.7 Å². The number of nitrogens with two attached hydrogens (primary N) is 1. The molecular weight excluding hydrogens is 160 g/mol. The lowest BCUT2D eigenvalue weighted by molar-refractivity contribution is 0.922. The number of nitrogens with one attached hydrogen (secondary N) is 1. The Labute approximate surface area is 80.8 Å². The van der Waals surface area contributed by atoms with Gasteiger partial charge < -0.3 is 11.1 Å². The quantitative estimate of drug-likeness (QED) is 0.542. The Morgan fingerprint density at radius 2 is 2.23 bits per heavy atom. The van der Waals surface area contributed by atoms with Crippen molar-refractivity contribution in [3.8, 4) is 0 Å². The molecule has 13 heavy (non-hydrogen) atoms. The van der Waals surface area contributed by atoms with Crippen LogP contribution in [0.3, 0.4) is 0 Å². The Kier molecular flexibility index (Phi) is 3.07. The average Bonchev–Trinajstić information content (AvgIpc) is 2.08. The van der Waals surface area contributed by atoms with E-state index in [-0.39, 0.29) is 1.43 Å². The zero-order valence-corrected chi connectivity index (χ0v) is 8.22. The maximum absolute atomic E-state index is 7.53. The fourth-order valence-corrected chi connectivity index (χ4v) is 1.37. The van der Waals surface area contributed by atoms with Gasteiger partial charge in [-0.1, -0.05) is 19.4 Å². The molecule has 2 heteroatoms. The van der Waals surface area contributed by atoms with Gasteiger partial charge in [-0.05, 0) is 31.0 Å². The monoisotopic (exact) mass is 178 g/mol. The number of benzene rings is 1. The molecule has 0 bridgehead atoms. The van der Waals surface area contributed by atoms with Gasteiger partial charge in [-0.15, -0.1) is 0 Å². The molecule has 1 rings (SSSR count). The number of hydrogen-bond acceptors (Lipinski definition) is 2. The smallest absolute Gasteiger partial charge is 0.0405 e. The number of rotatable bonds is 3. The van der Waals surface area contributed by atoms with Crippen LogP contribution in [0.15, 0.2) is 18.2 Å². The molecule has 0 unspecified atom stereocenters. The molecular formula is C11H18N2. The van der Waals surface area contributed by atoms with Crippen LogP contribution in [0.4, 0.5) is 5.69 Å². The van der Waals surface area contributed by atoms with E-state index in [9.17, 15) is 0 Å². The largest absolute Gasteiger partial charge is 0.398 e. The van der Waals surface area contributed by atoms with Crippen LogP contribution in [0.1, 0.15) is 32.8 Å². The van der Waals surface area contributed by atoms with Gasteiger partial charge in [0.05, 0.1) is 0 Å². The van der Waals surface area contributed by atoms with Crippen molar-refractivity contribution in [1.82, 2.24) is 0 Å². The lowest BCUT2D eigenvalue weighted by atomic mass is 10.0. The highest BCUT2D eigenvalue weighted by Crippen LogP contribution is 2.15. The zero-order chi connectivity index (χ0) is 9.84. The van der Waals surface area contributed by atoms with E-state index in [1.807, 2.05) is 18.2 Å². The molecule has 0 saturated heterocycles. The fraction of sp³-hybridized carbons (Fsp3) is 0.364. The minimum atomic E-state index is 0. The molecule has 3 N–H and O–H groups in total. The van der Waals surface area contributed by atoms with Crippen LogP contribution in [-0.4, -0.2) is 5.71 Å². The van der Waals surface area contributed by atoms with E-state index in [0.717, 1.165) is 18.4 Å². The maximum atomic E-state index is 7.53. The van der Waals surface area contributed by atoms with Crippen LogP contribution in [-0.2, 0) is 6.42 Å². The number of nitrogen functional groups attached to an aromatic ring is 1. The first kappa shape index (κ1) is 9.78. The van der Waals surface area contributed by atoms with Crippen LogP contribution in [0.2, 0.25) is 0 Å². The van der Waals surface area contributed by atoms with Gasteiger partial charge in [-0.25, -0.2) is 0 Å². The van der Waals surface area contributed by atoms with Crippen molar-refractivity contribution in [3.63, 3.8) is 0 Å². The van der Waals surface area contributed by atoms with E-state index >= 15 is 0 Å². The van der Waals surface area contributed by atoms with Crippen LogP contribution in [0, 0.1) is 5.41 Å². The van der Waals surface area contributed by atoms with E-state index in [0.29, 0.717) is 11.4 Å². The Bertz CT molecular complexity index is 321. The summed E-state index contributed by atoms with van der Waals surface area (Å²) in [5, 5.41) is 7.53. The Morgan fingerprint density at radius 3 is 2.77 bits per heavy atom. The minimum Gasteiger partial charge on any atom is -0.398 e. The third kappa shape index (κ3) is 2.31. The van der Waals surface area contributed by atoms with Crippen molar-refractivity contribution in [1.29, 1.82) is 5.41 Å². The number of anilines is 1. The van der Waals surface area contributed by atoms with Gasteiger partial charge in [0.25, 0.3) is 0 Å². The van der Waals surface area contributed by atoms with Crippen LogP contribution < -0.4 is 5.73 Å². The second-order valence-electron chi connectivity index (χ2n) is 3.30. The van der Waals surface area contributed by atoms with Crippen molar-refractivity contribution < 1.29 is 1.43 Å². The summed E-state index contributed by atoms with van der Waals surface area (Å²) >= 11 is 0. The van der Waals surface area contributed by atoms with E-state index in [1.165, 1.54) is 5.56 Å². The molecule has 0 spiro atoms. The highest BCUT2D eigenvalue weighted by atomic mass is 14.6. The average molecular weight is 178 g/mol. The van der Waals surface area contributed by atoms with Crippen molar-refractivity contribution in [2.24, 2.45) is 0 Å². The summed E-state index contributed by atoms with van der Waals surface area (Å²) in [7, 11) is 0. The van der Waals surface area contributed by atoms with Gasteiger partial charge in [0, 0.05) is 18.4 Å². The third-order valence-electron chi connectivity index (χ3n) is 2.06. The Hall–Kier alpha value is -1.31. The molecule has 0 aliphatic heterocycles. The molecule has 0 amide bonds. The molecule has 1 aromatic rings. The summed E-state index contributed by atoms with van der Waals surface area (Å²) in [6.45, 7) is 3.91. The van der Waals surface area contributed by atoms with Gasteiger partial charge in [0.2, 0.25) is 0 Å². The van der Waals surface area contributed by atoms with Gasteiger partial charge in [-0.2, -0.15) is 0 Å². The molecule has 2 nitrogen and oxygen atoms in total. The standard InChI is InChI=1S/C11H16N2.H2/c1-3-4-9-5-6-11(13)10(7-9)8(2)12;/h5-7,12H,3-4,13H2,1-2H3;1H. The zero-order valence-electron chi connectivity index (χ0n) is 8.22. The predicted octanol–water partition coefficient (Wildman–Crippen LogP) is 2.86. The maximum Gasteiger partial charge on any atom is 0.0405 e. The molecule has 72 valence electrons.